The summed E-state index contributed by atoms with van der Waals surface area (Å²) in [6.45, 7) is 6.87. The van der Waals surface area contributed by atoms with Gasteiger partial charge in [-0.15, -0.1) is 11.3 Å². The zero-order valence-electron chi connectivity index (χ0n) is 15.5. The van der Waals surface area contributed by atoms with Gasteiger partial charge in [0.2, 0.25) is 5.91 Å². The first-order valence-electron chi connectivity index (χ1n) is 9.21. The number of thiophene rings is 1. The smallest absolute Gasteiger partial charge is 0.252 e. The zero-order valence-corrected chi connectivity index (χ0v) is 17.1. The lowest BCUT2D eigenvalue weighted by molar-refractivity contribution is -0.126. The normalized spacial score (nSPS) is 20.4. The molecule has 1 aliphatic heterocycles. The number of amides is 1. The molecule has 142 valence electrons. The van der Waals surface area contributed by atoms with Gasteiger partial charge in [-0.1, -0.05) is 26.2 Å². The molecule has 1 fully saturated rings. The van der Waals surface area contributed by atoms with Gasteiger partial charge in [0.25, 0.3) is 10.0 Å². The number of hydrogen-bond donors (Lipinski definition) is 1. The number of aryl methyl sites for hydroxylation is 1. The number of hydrogen-bond acceptors (Lipinski definition) is 4. The topological polar surface area (TPSA) is 66.5 Å². The van der Waals surface area contributed by atoms with Crippen molar-refractivity contribution in [3.05, 3.63) is 17.0 Å². The lowest BCUT2D eigenvalue weighted by atomic mass is 9.98. The monoisotopic (exact) mass is 386 g/mol. The molecule has 1 aromatic rings. The van der Waals surface area contributed by atoms with E-state index in [1.54, 1.807) is 6.07 Å². The van der Waals surface area contributed by atoms with Crippen molar-refractivity contribution >= 4 is 27.3 Å². The van der Waals surface area contributed by atoms with Crippen molar-refractivity contribution in [3.8, 4) is 0 Å². The minimum atomic E-state index is -3.48. The van der Waals surface area contributed by atoms with Crippen LogP contribution in [0.4, 0.5) is 0 Å². The quantitative estimate of drug-likeness (QED) is 0.695. The fraction of sp³-hybridized carbons (Fsp3) is 0.722. The second-order valence-corrected chi connectivity index (χ2v) is 10.4. The number of nitrogens with one attached hydrogen (secondary N) is 1. The molecule has 0 radical (unpaired) electrons. The number of carbonyl (C=O) groups excluding carboxylic acids is 1. The van der Waals surface area contributed by atoms with Crippen LogP contribution in [0, 0.1) is 12.8 Å². The Hall–Kier alpha value is -0.920. The van der Waals surface area contributed by atoms with Crippen molar-refractivity contribution in [2.24, 2.45) is 5.92 Å². The van der Waals surface area contributed by atoms with Crippen LogP contribution in [0.1, 0.15) is 57.2 Å². The zero-order chi connectivity index (χ0) is 18.4. The number of carbonyl (C=O) groups is 1. The third kappa shape index (κ3) is 5.53. The molecule has 2 rings (SSSR count). The minimum Gasteiger partial charge on any atom is -0.353 e. The molecule has 1 amide bonds. The summed E-state index contributed by atoms with van der Waals surface area (Å²) < 4.78 is 27.4. The van der Waals surface area contributed by atoms with Crippen molar-refractivity contribution in [1.82, 2.24) is 9.62 Å². The van der Waals surface area contributed by atoms with Crippen LogP contribution in [0.15, 0.2) is 16.3 Å². The molecule has 2 heterocycles. The van der Waals surface area contributed by atoms with E-state index in [-0.39, 0.29) is 24.4 Å². The summed E-state index contributed by atoms with van der Waals surface area (Å²) in [6, 6.07) is 3.63. The van der Waals surface area contributed by atoms with Crippen LogP contribution in [0.5, 0.6) is 0 Å². The third-order valence-electron chi connectivity index (χ3n) is 4.69. The fourth-order valence-corrected chi connectivity index (χ4v) is 6.15. The predicted molar refractivity (Wildman–Crippen MR) is 102 cm³/mol. The highest BCUT2D eigenvalue weighted by atomic mass is 32.2. The first-order valence-corrected chi connectivity index (χ1v) is 11.5. The van der Waals surface area contributed by atoms with Gasteiger partial charge >= 0.3 is 0 Å². The van der Waals surface area contributed by atoms with Gasteiger partial charge in [0.1, 0.15) is 4.21 Å². The maximum absolute atomic E-state index is 12.8. The molecular formula is C18H30N2O3S2. The molecule has 1 N–H and O–H groups in total. The Bertz CT molecular complexity index is 670. The molecule has 1 aliphatic rings. The van der Waals surface area contributed by atoms with Crippen LogP contribution in [0.3, 0.4) is 0 Å². The van der Waals surface area contributed by atoms with E-state index in [9.17, 15) is 13.2 Å². The standard InChI is InChI=1S/C18H30N2O3S2/c1-4-5-6-8-14(2)19-18(21)16-9-7-12-20(13-16)25(22,23)17-11-10-15(3)24-17/h10-11,14,16H,4-9,12-13H2,1-3H3,(H,19,21). The van der Waals surface area contributed by atoms with Crippen LogP contribution in [0.25, 0.3) is 0 Å². The van der Waals surface area contributed by atoms with Crippen molar-refractivity contribution in [1.29, 1.82) is 0 Å². The van der Waals surface area contributed by atoms with Crippen LogP contribution in [-0.2, 0) is 14.8 Å². The molecule has 25 heavy (non-hydrogen) atoms. The lowest BCUT2D eigenvalue weighted by Gasteiger charge is -2.31. The number of rotatable bonds is 8. The van der Waals surface area contributed by atoms with Gasteiger partial charge in [-0.25, -0.2) is 8.42 Å². The molecule has 1 saturated heterocycles. The first-order chi connectivity index (χ1) is 11.8. The van der Waals surface area contributed by atoms with E-state index in [1.807, 2.05) is 19.9 Å². The highest BCUT2D eigenvalue weighted by Crippen LogP contribution is 2.28. The summed E-state index contributed by atoms with van der Waals surface area (Å²) in [5.41, 5.74) is 0. The third-order valence-corrected chi connectivity index (χ3v) is 8.03. The van der Waals surface area contributed by atoms with Gasteiger partial charge in [0, 0.05) is 24.0 Å². The van der Waals surface area contributed by atoms with Crippen molar-refractivity contribution in [3.63, 3.8) is 0 Å². The lowest BCUT2D eigenvalue weighted by Crippen LogP contribution is -2.46. The van der Waals surface area contributed by atoms with Crippen LogP contribution < -0.4 is 5.32 Å². The second-order valence-electron chi connectivity index (χ2n) is 6.97. The Morgan fingerprint density at radius 3 is 2.80 bits per heavy atom. The van der Waals surface area contributed by atoms with E-state index in [2.05, 4.69) is 12.2 Å². The Kier molecular flexibility index (Phi) is 7.46. The second kappa shape index (κ2) is 9.14. The summed E-state index contributed by atoms with van der Waals surface area (Å²) in [7, 11) is -3.48. The highest BCUT2D eigenvalue weighted by Gasteiger charge is 2.34. The van der Waals surface area contributed by atoms with Gasteiger partial charge in [-0.3, -0.25) is 4.79 Å². The average Bonchev–Trinajstić information content (AvgIpc) is 3.02. The summed E-state index contributed by atoms with van der Waals surface area (Å²) in [5, 5.41) is 3.07. The summed E-state index contributed by atoms with van der Waals surface area (Å²) in [6.07, 6.45) is 5.91. The van der Waals surface area contributed by atoms with Crippen molar-refractivity contribution in [2.45, 2.75) is 69.5 Å². The van der Waals surface area contributed by atoms with Crippen molar-refractivity contribution in [2.75, 3.05) is 13.1 Å². The average molecular weight is 387 g/mol. The number of unbranched alkanes of at least 4 members (excludes halogenated alkanes) is 2. The van der Waals surface area contributed by atoms with E-state index in [4.69, 9.17) is 0 Å². The van der Waals surface area contributed by atoms with Crippen LogP contribution in [0.2, 0.25) is 0 Å². The Morgan fingerprint density at radius 2 is 2.16 bits per heavy atom. The van der Waals surface area contributed by atoms with Gasteiger partial charge in [0.15, 0.2) is 0 Å². The SMILES string of the molecule is CCCCCC(C)NC(=O)C1CCCN(S(=O)(=O)c2ccc(C)s2)C1. The molecule has 7 heteroatoms. The van der Waals surface area contributed by atoms with E-state index in [0.717, 1.165) is 37.0 Å². The molecule has 0 bridgehead atoms. The highest BCUT2D eigenvalue weighted by molar-refractivity contribution is 7.91. The maximum atomic E-state index is 12.8. The Labute approximate surface area is 155 Å². The Morgan fingerprint density at radius 1 is 1.40 bits per heavy atom. The maximum Gasteiger partial charge on any atom is 0.252 e. The molecule has 0 spiro atoms. The van der Waals surface area contributed by atoms with E-state index in [1.165, 1.54) is 22.1 Å². The predicted octanol–water partition coefficient (Wildman–Crippen LogP) is 3.54. The summed E-state index contributed by atoms with van der Waals surface area (Å²) in [5.74, 6) is -0.260. The Balaban J connectivity index is 1.95. The van der Waals surface area contributed by atoms with Gasteiger partial charge in [0.05, 0.1) is 5.92 Å². The van der Waals surface area contributed by atoms with Crippen LogP contribution in [-0.4, -0.2) is 37.8 Å². The van der Waals surface area contributed by atoms with Gasteiger partial charge in [-0.05, 0) is 45.2 Å². The molecule has 2 atom stereocenters. The minimum absolute atomic E-state index is 0.00809. The number of piperidine rings is 1. The molecule has 0 saturated carbocycles. The molecule has 0 aromatic carbocycles. The molecule has 0 aliphatic carbocycles. The molecular weight excluding hydrogens is 356 g/mol. The molecule has 1 aromatic heterocycles. The van der Waals surface area contributed by atoms with Crippen molar-refractivity contribution < 1.29 is 13.2 Å². The van der Waals surface area contributed by atoms with Gasteiger partial charge in [-0.2, -0.15) is 4.31 Å². The van der Waals surface area contributed by atoms with Crippen LogP contribution >= 0.6 is 11.3 Å². The van der Waals surface area contributed by atoms with E-state index >= 15 is 0 Å². The fourth-order valence-electron chi connectivity index (χ4n) is 3.19. The first kappa shape index (κ1) is 20.4. The number of nitrogens with zero attached hydrogens (tertiary/aromatic N) is 1. The molecule has 2 unspecified atom stereocenters. The number of sulfonamides is 1. The van der Waals surface area contributed by atoms with E-state index in [0.29, 0.717) is 10.8 Å². The largest absolute Gasteiger partial charge is 0.353 e. The molecule has 5 nitrogen and oxygen atoms in total. The summed E-state index contributed by atoms with van der Waals surface area (Å²) in [4.78, 5) is 13.5. The van der Waals surface area contributed by atoms with E-state index < -0.39 is 10.0 Å². The summed E-state index contributed by atoms with van der Waals surface area (Å²) >= 11 is 1.29. The van der Waals surface area contributed by atoms with Gasteiger partial charge < -0.3 is 5.32 Å².